The Labute approximate surface area is 191 Å². The zero-order valence-electron chi connectivity index (χ0n) is 17.9. The molecule has 1 aromatic carbocycles. The summed E-state index contributed by atoms with van der Waals surface area (Å²) in [6, 6.07) is 10.2. The van der Waals surface area contributed by atoms with Crippen molar-refractivity contribution in [3.05, 3.63) is 47.3 Å². The summed E-state index contributed by atoms with van der Waals surface area (Å²) in [5.41, 5.74) is 4.35. The van der Waals surface area contributed by atoms with E-state index in [1.165, 1.54) is 0 Å². The predicted octanol–water partition coefficient (Wildman–Crippen LogP) is 3.22. The molecule has 0 bridgehead atoms. The van der Waals surface area contributed by atoms with Crippen LogP contribution in [0.5, 0.6) is 0 Å². The number of halogens is 1. The van der Waals surface area contributed by atoms with Gasteiger partial charge in [-0.25, -0.2) is 9.67 Å². The lowest BCUT2D eigenvalue weighted by atomic mass is 10.2. The highest BCUT2D eigenvalue weighted by molar-refractivity contribution is 14.0. The van der Waals surface area contributed by atoms with Gasteiger partial charge < -0.3 is 20.1 Å². The van der Waals surface area contributed by atoms with E-state index in [2.05, 4.69) is 36.6 Å². The number of aliphatic imine (C=N–C) groups is 1. The van der Waals surface area contributed by atoms with Crippen LogP contribution in [0, 0.1) is 13.8 Å². The predicted molar refractivity (Wildman–Crippen MR) is 129 cm³/mol. The van der Waals surface area contributed by atoms with Crippen molar-refractivity contribution in [2.24, 2.45) is 4.99 Å². The SMILES string of the molecule is CCNC(=NCc1c(C)nn(-c2ccccc2)c1C)NCCCOCCOC.I. The largest absolute Gasteiger partial charge is 0.382 e. The molecule has 0 aliphatic heterocycles. The number of nitrogens with zero attached hydrogens (tertiary/aromatic N) is 3. The molecule has 1 heterocycles. The Bertz CT molecular complexity index is 734. The molecule has 2 N–H and O–H groups in total. The third-order valence-corrected chi connectivity index (χ3v) is 4.37. The second kappa shape index (κ2) is 14.4. The van der Waals surface area contributed by atoms with E-state index in [1.54, 1.807) is 7.11 Å². The van der Waals surface area contributed by atoms with Crippen LogP contribution in [0.2, 0.25) is 0 Å². The van der Waals surface area contributed by atoms with Crippen LogP contribution in [0.3, 0.4) is 0 Å². The monoisotopic (exact) mass is 515 g/mol. The maximum Gasteiger partial charge on any atom is 0.191 e. The third kappa shape index (κ3) is 8.31. The van der Waals surface area contributed by atoms with Crippen LogP contribution in [-0.2, 0) is 16.0 Å². The van der Waals surface area contributed by atoms with E-state index in [-0.39, 0.29) is 24.0 Å². The fourth-order valence-electron chi connectivity index (χ4n) is 2.85. The first-order valence-electron chi connectivity index (χ1n) is 9.86. The van der Waals surface area contributed by atoms with Crippen LogP contribution in [0.1, 0.15) is 30.3 Å². The summed E-state index contributed by atoms with van der Waals surface area (Å²) in [6.45, 7) is 10.4. The van der Waals surface area contributed by atoms with E-state index in [0.717, 1.165) is 48.1 Å². The minimum absolute atomic E-state index is 0. The molecule has 0 saturated carbocycles. The molecule has 0 fully saturated rings. The van der Waals surface area contributed by atoms with Gasteiger partial charge in [-0.15, -0.1) is 24.0 Å². The maximum absolute atomic E-state index is 5.49. The van der Waals surface area contributed by atoms with Gasteiger partial charge in [-0.05, 0) is 39.3 Å². The molecule has 0 aliphatic rings. The van der Waals surface area contributed by atoms with Gasteiger partial charge in [-0.1, -0.05) is 18.2 Å². The quantitative estimate of drug-likeness (QED) is 0.208. The van der Waals surface area contributed by atoms with Crippen LogP contribution in [-0.4, -0.2) is 55.8 Å². The van der Waals surface area contributed by atoms with Crippen molar-refractivity contribution >= 4 is 29.9 Å². The average Bonchev–Trinajstić information content (AvgIpc) is 2.99. The first kappa shape index (κ1) is 25.4. The molecule has 0 atom stereocenters. The van der Waals surface area contributed by atoms with Crippen LogP contribution in [0.4, 0.5) is 0 Å². The minimum atomic E-state index is 0. The van der Waals surface area contributed by atoms with Gasteiger partial charge in [0, 0.05) is 38.1 Å². The highest BCUT2D eigenvalue weighted by atomic mass is 127. The van der Waals surface area contributed by atoms with E-state index in [0.29, 0.717) is 26.4 Å². The van der Waals surface area contributed by atoms with Gasteiger partial charge in [0.15, 0.2) is 5.96 Å². The number of hydrogen-bond donors (Lipinski definition) is 2. The third-order valence-electron chi connectivity index (χ3n) is 4.37. The molecule has 0 amide bonds. The number of rotatable bonds is 11. The van der Waals surface area contributed by atoms with E-state index < -0.39 is 0 Å². The van der Waals surface area contributed by atoms with Gasteiger partial charge in [-0.3, -0.25) is 0 Å². The number of benzene rings is 1. The molecule has 162 valence electrons. The molecule has 2 rings (SSSR count). The molecule has 0 aliphatic carbocycles. The van der Waals surface area contributed by atoms with Gasteiger partial charge in [0.2, 0.25) is 0 Å². The van der Waals surface area contributed by atoms with Crippen LogP contribution in [0.25, 0.3) is 5.69 Å². The topological polar surface area (TPSA) is 72.7 Å². The molecule has 7 nitrogen and oxygen atoms in total. The van der Waals surface area contributed by atoms with Crippen LogP contribution < -0.4 is 10.6 Å². The number of para-hydroxylation sites is 1. The van der Waals surface area contributed by atoms with E-state index in [1.807, 2.05) is 29.8 Å². The van der Waals surface area contributed by atoms with Crippen molar-refractivity contribution in [3.8, 4) is 5.69 Å². The van der Waals surface area contributed by atoms with Crippen molar-refractivity contribution in [2.75, 3.05) is 40.0 Å². The minimum Gasteiger partial charge on any atom is -0.382 e. The molecular formula is C21H34IN5O2. The van der Waals surface area contributed by atoms with Crippen molar-refractivity contribution < 1.29 is 9.47 Å². The van der Waals surface area contributed by atoms with Gasteiger partial charge >= 0.3 is 0 Å². The molecular weight excluding hydrogens is 481 g/mol. The van der Waals surface area contributed by atoms with Crippen LogP contribution in [0.15, 0.2) is 35.3 Å². The number of aryl methyl sites for hydroxylation is 1. The lowest BCUT2D eigenvalue weighted by Gasteiger charge is -2.11. The summed E-state index contributed by atoms with van der Waals surface area (Å²) >= 11 is 0. The van der Waals surface area contributed by atoms with Crippen molar-refractivity contribution in [3.63, 3.8) is 0 Å². The first-order chi connectivity index (χ1) is 13.7. The Morgan fingerprint density at radius 3 is 2.55 bits per heavy atom. The number of ether oxygens (including phenoxy) is 2. The summed E-state index contributed by atoms with van der Waals surface area (Å²) < 4.78 is 12.4. The van der Waals surface area contributed by atoms with Gasteiger partial charge in [0.05, 0.1) is 31.1 Å². The zero-order valence-corrected chi connectivity index (χ0v) is 20.2. The summed E-state index contributed by atoms with van der Waals surface area (Å²) in [5, 5.41) is 11.3. The molecule has 1 aromatic heterocycles. The van der Waals surface area contributed by atoms with Crippen molar-refractivity contribution in [2.45, 2.75) is 33.7 Å². The normalized spacial score (nSPS) is 11.2. The van der Waals surface area contributed by atoms with E-state index in [4.69, 9.17) is 19.6 Å². The number of nitrogens with one attached hydrogen (secondary N) is 2. The van der Waals surface area contributed by atoms with Gasteiger partial charge in [0.1, 0.15) is 0 Å². The Morgan fingerprint density at radius 1 is 1.10 bits per heavy atom. The van der Waals surface area contributed by atoms with Gasteiger partial charge in [0.25, 0.3) is 0 Å². The lowest BCUT2D eigenvalue weighted by molar-refractivity contribution is 0.0698. The maximum atomic E-state index is 5.49. The summed E-state index contributed by atoms with van der Waals surface area (Å²) in [4.78, 5) is 4.74. The summed E-state index contributed by atoms with van der Waals surface area (Å²) in [7, 11) is 1.68. The fraction of sp³-hybridized carbons (Fsp3) is 0.524. The number of hydrogen-bond acceptors (Lipinski definition) is 4. The number of aromatic nitrogens is 2. The van der Waals surface area contributed by atoms with Crippen molar-refractivity contribution in [1.82, 2.24) is 20.4 Å². The second-order valence-electron chi connectivity index (χ2n) is 6.48. The Kier molecular flexibility index (Phi) is 12.6. The van der Waals surface area contributed by atoms with Crippen molar-refractivity contribution in [1.29, 1.82) is 0 Å². The van der Waals surface area contributed by atoms with E-state index >= 15 is 0 Å². The fourth-order valence-corrected chi connectivity index (χ4v) is 2.85. The smallest absolute Gasteiger partial charge is 0.191 e. The molecule has 8 heteroatoms. The van der Waals surface area contributed by atoms with E-state index in [9.17, 15) is 0 Å². The molecule has 0 saturated heterocycles. The molecule has 0 spiro atoms. The Morgan fingerprint density at radius 2 is 1.86 bits per heavy atom. The molecule has 29 heavy (non-hydrogen) atoms. The highest BCUT2D eigenvalue weighted by Crippen LogP contribution is 2.18. The molecule has 0 unspecified atom stereocenters. The van der Waals surface area contributed by atoms with Gasteiger partial charge in [-0.2, -0.15) is 5.10 Å². The highest BCUT2D eigenvalue weighted by Gasteiger charge is 2.12. The number of guanidine groups is 1. The summed E-state index contributed by atoms with van der Waals surface area (Å²) in [6.07, 6.45) is 0.915. The summed E-state index contributed by atoms with van der Waals surface area (Å²) in [5.74, 6) is 0.811. The molecule has 2 aromatic rings. The number of methoxy groups -OCH3 is 1. The first-order valence-corrected chi connectivity index (χ1v) is 9.86. The lowest BCUT2D eigenvalue weighted by Crippen LogP contribution is -2.38. The Balaban J connectivity index is 0.00000420. The van der Waals surface area contributed by atoms with Crippen LogP contribution >= 0.6 is 24.0 Å². The standard InChI is InChI=1S/C21H33N5O2.HI/c1-5-22-21(23-12-9-13-28-15-14-27-4)24-16-20-17(2)25-26(18(20)3)19-10-7-6-8-11-19;/h6-8,10-11H,5,9,12-16H2,1-4H3,(H2,22,23,24);1H. The average molecular weight is 515 g/mol. The zero-order chi connectivity index (χ0) is 20.2. The second-order valence-corrected chi connectivity index (χ2v) is 6.48. The Hall–Kier alpha value is -1.65. The molecule has 0 radical (unpaired) electrons.